The van der Waals surface area contributed by atoms with Gasteiger partial charge in [0, 0.05) is 25.0 Å². The highest BCUT2D eigenvalue weighted by Gasteiger charge is 2.24. The summed E-state index contributed by atoms with van der Waals surface area (Å²) in [5.41, 5.74) is 1.25. The first-order chi connectivity index (χ1) is 16.5. The van der Waals surface area contributed by atoms with Crippen LogP contribution in [0.4, 0.5) is 0 Å². The summed E-state index contributed by atoms with van der Waals surface area (Å²) in [6.45, 7) is 0.257. The van der Waals surface area contributed by atoms with Gasteiger partial charge in [-0.05, 0) is 42.7 Å². The number of ether oxygens (including phenoxy) is 1. The van der Waals surface area contributed by atoms with E-state index in [0.29, 0.717) is 35.3 Å². The molecule has 0 aliphatic carbocycles. The van der Waals surface area contributed by atoms with Crippen LogP contribution in [-0.4, -0.2) is 35.1 Å². The van der Waals surface area contributed by atoms with E-state index in [1.165, 1.54) is 13.2 Å². The quantitative estimate of drug-likeness (QED) is 0.277. The van der Waals surface area contributed by atoms with Gasteiger partial charge in [-0.25, -0.2) is 0 Å². The van der Waals surface area contributed by atoms with Gasteiger partial charge in [0.15, 0.2) is 16.9 Å². The highest BCUT2D eigenvalue weighted by Crippen LogP contribution is 2.34. The second-order valence-electron chi connectivity index (χ2n) is 8.87. The lowest BCUT2D eigenvalue weighted by Crippen LogP contribution is -2.21. The van der Waals surface area contributed by atoms with E-state index in [1.807, 2.05) is 6.07 Å². The second kappa shape index (κ2) is 13.2. The van der Waals surface area contributed by atoms with Crippen molar-refractivity contribution in [3.05, 3.63) is 70.1 Å². The van der Waals surface area contributed by atoms with Gasteiger partial charge >= 0.3 is 0 Å². The van der Waals surface area contributed by atoms with Crippen LogP contribution in [0.2, 0.25) is 0 Å². The predicted octanol–water partition coefficient (Wildman–Crippen LogP) is 5.31. The average molecular weight is 469 g/mol. The van der Waals surface area contributed by atoms with Gasteiger partial charge in [0.2, 0.25) is 0 Å². The summed E-state index contributed by atoms with van der Waals surface area (Å²) < 4.78 is 11.3. The second-order valence-corrected chi connectivity index (χ2v) is 8.87. The third-order valence-corrected chi connectivity index (χ3v) is 6.36. The normalized spacial score (nSPS) is 13.1. The van der Waals surface area contributed by atoms with E-state index in [0.717, 1.165) is 50.5 Å². The molecule has 0 fully saturated rings. The van der Waals surface area contributed by atoms with Crippen LogP contribution in [0.1, 0.15) is 68.6 Å². The first kappa shape index (κ1) is 25.8. The lowest BCUT2D eigenvalue weighted by molar-refractivity contribution is 0.127. The number of phenolic OH excluding ortho intramolecular Hbond substituents is 1. The Hall–Kier alpha value is -2.83. The van der Waals surface area contributed by atoms with Crippen molar-refractivity contribution in [2.24, 2.45) is 0 Å². The van der Waals surface area contributed by atoms with E-state index in [4.69, 9.17) is 14.3 Å². The number of methoxy groups -OCH3 is 1. The largest absolute Gasteiger partial charge is 0.504 e. The molecule has 0 saturated carbocycles. The zero-order valence-electron chi connectivity index (χ0n) is 19.9. The number of hydrogen-bond acceptors (Lipinski definition) is 6. The molecule has 0 aliphatic rings. The predicted molar refractivity (Wildman–Crippen MR) is 134 cm³/mol. The highest BCUT2D eigenvalue weighted by atomic mass is 16.5. The third-order valence-electron chi connectivity index (χ3n) is 6.36. The molecule has 0 aliphatic heterocycles. The third kappa shape index (κ3) is 7.08. The summed E-state index contributed by atoms with van der Waals surface area (Å²) in [5.74, 6) is 0.586. The summed E-state index contributed by atoms with van der Waals surface area (Å²) in [6.07, 6.45) is 7.56. The molecule has 6 nitrogen and oxygen atoms in total. The Morgan fingerprint density at radius 3 is 2.38 bits per heavy atom. The Morgan fingerprint density at radius 1 is 0.941 bits per heavy atom. The standard InChI is InChI=1S/C28H36O6/c1-33-28-17-20(14-15-25(28)31)23(24(30)12-7-5-3-2-4-6-10-16-29)18-21-19-26(32)22-11-8-9-13-27(22)34-21/h8-9,11,13-15,17,19,23-24,29-31H,2-7,10,12,16,18H2,1H3. The molecule has 34 heavy (non-hydrogen) atoms. The molecule has 0 spiro atoms. The monoisotopic (exact) mass is 468 g/mol. The summed E-state index contributed by atoms with van der Waals surface area (Å²) in [4.78, 5) is 12.6. The van der Waals surface area contributed by atoms with Crippen LogP contribution in [-0.2, 0) is 6.42 Å². The molecular formula is C28H36O6. The van der Waals surface area contributed by atoms with Crippen molar-refractivity contribution in [2.45, 2.75) is 69.8 Å². The van der Waals surface area contributed by atoms with Crippen molar-refractivity contribution in [1.29, 1.82) is 0 Å². The van der Waals surface area contributed by atoms with Gasteiger partial charge in [-0.15, -0.1) is 0 Å². The van der Waals surface area contributed by atoms with Crippen molar-refractivity contribution in [3.8, 4) is 11.5 Å². The number of benzene rings is 2. The zero-order valence-corrected chi connectivity index (χ0v) is 19.9. The fourth-order valence-electron chi connectivity index (χ4n) is 4.42. The maximum atomic E-state index is 12.6. The molecule has 184 valence electrons. The molecule has 3 aromatic rings. The molecule has 0 bridgehead atoms. The minimum atomic E-state index is -0.639. The molecule has 0 radical (unpaired) electrons. The minimum Gasteiger partial charge on any atom is -0.504 e. The van der Waals surface area contributed by atoms with Crippen LogP contribution in [0.3, 0.4) is 0 Å². The fraction of sp³-hybridized carbons (Fsp3) is 0.464. The first-order valence-electron chi connectivity index (χ1n) is 12.2. The topological polar surface area (TPSA) is 100 Å². The zero-order chi connectivity index (χ0) is 24.3. The summed E-state index contributed by atoms with van der Waals surface area (Å²) in [7, 11) is 1.49. The SMILES string of the molecule is COc1cc(C(Cc2cc(=O)c3ccccc3o2)C(O)CCCCCCCCCO)ccc1O. The molecule has 3 rings (SSSR count). The van der Waals surface area contributed by atoms with Gasteiger partial charge in [0.1, 0.15) is 11.3 Å². The van der Waals surface area contributed by atoms with E-state index in [1.54, 1.807) is 36.4 Å². The molecule has 6 heteroatoms. The van der Waals surface area contributed by atoms with Gasteiger partial charge in [-0.2, -0.15) is 0 Å². The lowest BCUT2D eigenvalue weighted by atomic mass is 9.86. The van der Waals surface area contributed by atoms with Gasteiger partial charge in [0.25, 0.3) is 0 Å². The van der Waals surface area contributed by atoms with Crippen LogP contribution in [0.25, 0.3) is 11.0 Å². The van der Waals surface area contributed by atoms with E-state index >= 15 is 0 Å². The first-order valence-corrected chi connectivity index (χ1v) is 12.2. The number of aliphatic hydroxyl groups is 2. The number of phenols is 1. The fourth-order valence-corrected chi connectivity index (χ4v) is 4.42. The van der Waals surface area contributed by atoms with E-state index in [9.17, 15) is 15.0 Å². The Balaban J connectivity index is 1.73. The summed E-state index contributed by atoms with van der Waals surface area (Å²) in [6, 6.07) is 13.7. The number of rotatable bonds is 14. The maximum Gasteiger partial charge on any atom is 0.192 e. The highest BCUT2D eigenvalue weighted by molar-refractivity contribution is 5.76. The summed E-state index contributed by atoms with van der Waals surface area (Å²) in [5, 5.41) is 30.6. The molecular weight excluding hydrogens is 432 g/mol. The van der Waals surface area contributed by atoms with Crippen LogP contribution in [0.5, 0.6) is 11.5 Å². The van der Waals surface area contributed by atoms with Crippen molar-refractivity contribution in [1.82, 2.24) is 0 Å². The molecule has 2 aromatic carbocycles. The van der Waals surface area contributed by atoms with Gasteiger partial charge < -0.3 is 24.5 Å². The number of fused-ring (bicyclic) bond motifs is 1. The Labute approximate surface area is 200 Å². The number of aromatic hydroxyl groups is 1. The number of aliphatic hydroxyl groups excluding tert-OH is 2. The Morgan fingerprint density at radius 2 is 1.65 bits per heavy atom. The Bertz CT molecular complexity index is 1090. The van der Waals surface area contributed by atoms with Crippen LogP contribution < -0.4 is 10.2 Å². The number of unbranched alkanes of at least 4 members (excludes halogenated alkanes) is 6. The van der Waals surface area contributed by atoms with E-state index in [2.05, 4.69) is 0 Å². The molecule has 0 saturated heterocycles. The molecule has 2 atom stereocenters. The van der Waals surface area contributed by atoms with Crippen molar-refractivity contribution in [2.75, 3.05) is 13.7 Å². The molecule has 0 amide bonds. The van der Waals surface area contributed by atoms with Crippen LogP contribution >= 0.6 is 0 Å². The molecule has 2 unspecified atom stereocenters. The average Bonchev–Trinajstić information content (AvgIpc) is 2.84. The van der Waals surface area contributed by atoms with Crippen molar-refractivity contribution < 1.29 is 24.5 Å². The number of para-hydroxylation sites is 1. The molecule has 1 aromatic heterocycles. The Kier molecular flexibility index (Phi) is 9.98. The smallest absolute Gasteiger partial charge is 0.192 e. The van der Waals surface area contributed by atoms with Crippen molar-refractivity contribution >= 4 is 11.0 Å². The van der Waals surface area contributed by atoms with Crippen LogP contribution in [0, 0.1) is 0 Å². The molecule has 3 N–H and O–H groups in total. The van der Waals surface area contributed by atoms with E-state index < -0.39 is 6.10 Å². The van der Waals surface area contributed by atoms with Gasteiger partial charge in [0.05, 0.1) is 18.6 Å². The summed E-state index contributed by atoms with van der Waals surface area (Å²) >= 11 is 0. The van der Waals surface area contributed by atoms with Gasteiger partial charge in [-0.3, -0.25) is 4.79 Å². The number of hydrogen-bond donors (Lipinski definition) is 3. The molecule has 1 heterocycles. The van der Waals surface area contributed by atoms with Crippen molar-refractivity contribution in [3.63, 3.8) is 0 Å². The minimum absolute atomic E-state index is 0.0397. The maximum absolute atomic E-state index is 12.6. The van der Waals surface area contributed by atoms with E-state index in [-0.39, 0.29) is 23.7 Å². The van der Waals surface area contributed by atoms with Gasteiger partial charge in [-0.1, -0.05) is 56.7 Å². The van der Waals surface area contributed by atoms with Crippen LogP contribution in [0.15, 0.2) is 57.7 Å². The lowest BCUT2D eigenvalue weighted by Gasteiger charge is -2.24.